The van der Waals surface area contributed by atoms with Crippen LogP contribution in [0, 0.1) is 0 Å². The summed E-state index contributed by atoms with van der Waals surface area (Å²) >= 11 is 3.19. The molecule has 3 aromatic rings. The number of rotatable bonds is 7. The number of nitrogens with one attached hydrogen (secondary N) is 2. The molecule has 0 unspecified atom stereocenters. The fraction of sp³-hybridized carbons (Fsp3) is 0.0476. The number of aromatic carboxylic acids is 1. The van der Waals surface area contributed by atoms with Crippen molar-refractivity contribution in [3.63, 3.8) is 0 Å². The molecule has 0 aromatic heterocycles. The van der Waals surface area contributed by atoms with Crippen molar-refractivity contribution in [2.45, 2.75) is 4.90 Å². The van der Waals surface area contributed by atoms with Crippen LogP contribution in [0.4, 0.5) is 11.4 Å². The minimum atomic E-state index is -3.88. The summed E-state index contributed by atoms with van der Waals surface area (Å²) in [5.41, 5.74) is 0.540. The molecule has 0 heterocycles. The number of benzene rings is 3. The van der Waals surface area contributed by atoms with Gasteiger partial charge in [-0.2, -0.15) is 0 Å². The number of methoxy groups -OCH3 is 1. The summed E-state index contributed by atoms with van der Waals surface area (Å²) in [5, 5.41) is 11.8. The number of amides is 1. The summed E-state index contributed by atoms with van der Waals surface area (Å²) in [5.74, 6) is -1.27. The van der Waals surface area contributed by atoms with Crippen LogP contribution in [0.1, 0.15) is 20.7 Å². The molecule has 3 rings (SSSR count). The number of halogens is 1. The summed E-state index contributed by atoms with van der Waals surface area (Å²) in [6.07, 6.45) is 0. The zero-order valence-electron chi connectivity index (χ0n) is 16.1. The third kappa shape index (κ3) is 5.41. The molecule has 0 spiro atoms. The standard InChI is InChI=1S/C21H17BrN2O6S/c1-30-16-4-2-3-15(12-16)24-31(28,29)17-8-5-13(6-9-17)20(25)23-19-10-7-14(22)11-18(19)21(26)27/h2-12,24H,1H3,(H,23,25)(H,26,27). The number of carboxylic acid groups (broad SMARTS) is 1. The monoisotopic (exact) mass is 504 g/mol. The van der Waals surface area contributed by atoms with Gasteiger partial charge >= 0.3 is 5.97 Å². The lowest BCUT2D eigenvalue weighted by Crippen LogP contribution is -2.16. The number of carbonyl (C=O) groups is 2. The molecule has 0 aliphatic heterocycles. The Morgan fingerprint density at radius 1 is 1.00 bits per heavy atom. The molecular weight excluding hydrogens is 488 g/mol. The number of anilines is 2. The van der Waals surface area contributed by atoms with Crippen LogP contribution in [0.2, 0.25) is 0 Å². The first-order valence-electron chi connectivity index (χ1n) is 8.81. The maximum absolute atomic E-state index is 12.6. The van der Waals surface area contributed by atoms with Crippen molar-refractivity contribution >= 4 is 49.2 Å². The second-order valence-electron chi connectivity index (χ2n) is 6.31. The van der Waals surface area contributed by atoms with Gasteiger partial charge in [-0.05, 0) is 54.6 Å². The van der Waals surface area contributed by atoms with Crippen molar-refractivity contribution in [2.24, 2.45) is 0 Å². The first-order chi connectivity index (χ1) is 14.7. The molecule has 0 bridgehead atoms. The molecule has 0 atom stereocenters. The Hall–Kier alpha value is -3.37. The van der Waals surface area contributed by atoms with E-state index >= 15 is 0 Å². The van der Waals surface area contributed by atoms with Gasteiger partial charge in [0, 0.05) is 16.1 Å². The summed E-state index contributed by atoms with van der Waals surface area (Å²) in [6, 6.07) is 16.2. The number of hydrogen-bond acceptors (Lipinski definition) is 5. The zero-order valence-corrected chi connectivity index (χ0v) is 18.5. The Bertz CT molecular complexity index is 1240. The van der Waals surface area contributed by atoms with Gasteiger partial charge in [0.05, 0.1) is 28.9 Å². The predicted molar refractivity (Wildman–Crippen MR) is 119 cm³/mol. The smallest absolute Gasteiger partial charge is 0.337 e. The molecule has 0 radical (unpaired) electrons. The van der Waals surface area contributed by atoms with Crippen molar-refractivity contribution in [2.75, 3.05) is 17.1 Å². The molecule has 1 amide bonds. The topological polar surface area (TPSA) is 122 Å². The molecule has 0 fully saturated rings. The lowest BCUT2D eigenvalue weighted by Gasteiger charge is -2.11. The SMILES string of the molecule is COc1cccc(NS(=O)(=O)c2ccc(C(=O)Nc3ccc(Br)cc3C(=O)O)cc2)c1. The number of carbonyl (C=O) groups excluding carboxylic acids is 1. The highest BCUT2D eigenvalue weighted by molar-refractivity contribution is 9.10. The molecular formula is C21H17BrN2O6S. The van der Waals surface area contributed by atoms with Crippen LogP contribution in [0.15, 0.2) is 76.1 Å². The highest BCUT2D eigenvalue weighted by Gasteiger charge is 2.17. The van der Waals surface area contributed by atoms with E-state index in [9.17, 15) is 23.1 Å². The average molecular weight is 505 g/mol. The molecule has 10 heteroatoms. The van der Waals surface area contributed by atoms with E-state index in [0.29, 0.717) is 15.9 Å². The summed E-state index contributed by atoms with van der Waals surface area (Å²) in [7, 11) is -2.41. The van der Waals surface area contributed by atoms with E-state index in [1.807, 2.05) is 0 Å². The molecule has 8 nitrogen and oxygen atoms in total. The van der Waals surface area contributed by atoms with Gasteiger partial charge in [-0.15, -0.1) is 0 Å². The predicted octanol–water partition coefficient (Wildman–Crippen LogP) is 4.21. The van der Waals surface area contributed by atoms with E-state index < -0.39 is 21.9 Å². The quantitative estimate of drug-likeness (QED) is 0.442. The summed E-state index contributed by atoms with van der Waals surface area (Å²) in [4.78, 5) is 23.8. The van der Waals surface area contributed by atoms with Gasteiger partial charge < -0.3 is 15.2 Å². The van der Waals surface area contributed by atoms with Gasteiger partial charge in [-0.1, -0.05) is 22.0 Å². The number of sulfonamides is 1. The van der Waals surface area contributed by atoms with Crippen LogP contribution < -0.4 is 14.8 Å². The fourth-order valence-electron chi connectivity index (χ4n) is 2.68. The normalized spacial score (nSPS) is 10.9. The molecule has 0 saturated carbocycles. The fourth-order valence-corrected chi connectivity index (χ4v) is 4.09. The van der Waals surface area contributed by atoms with Crippen LogP contribution in [-0.2, 0) is 10.0 Å². The molecule has 31 heavy (non-hydrogen) atoms. The lowest BCUT2D eigenvalue weighted by molar-refractivity contribution is 0.0698. The molecule has 0 saturated heterocycles. The minimum absolute atomic E-state index is 0.0401. The summed E-state index contributed by atoms with van der Waals surface area (Å²) in [6.45, 7) is 0. The van der Waals surface area contributed by atoms with Crippen LogP contribution >= 0.6 is 15.9 Å². The largest absolute Gasteiger partial charge is 0.497 e. The zero-order chi connectivity index (χ0) is 22.6. The Labute approximate surface area is 187 Å². The molecule has 3 aromatic carbocycles. The van der Waals surface area contributed by atoms with E-state index in [4.69, 9.17) is 4.74 Å². The highest BCUT2D eigenvalue weighted by Crippen LogP contribution is 2.23. The van der Waals surface area contributed by atoms with E-state index in [0.717, 1.165) is 0 Å². The summed E-state index contributed by atoms with van der Waals surface area (Å²) < 4.78 is 33.3. The van der Waals surface area contributed by atoms with Gasteiger partial charge in [0.1, 0.15) is 5.75 Å². The van der Waals surface area contributed by atoms with E-state index in [1.54, 1.807) is 24.3 Å². The lowest BCUT2D eigenvalue weighted by atomic mass is 10.1. The Balaban J connectivity index is 1.78. The van der Waals surface area contributed by atoms with Crippen LogP contribution in [0.5, 0.6) is 5.75 Å². The average Bonchev–Trinajstić information content (AvgIpc) is 2.74. The highest BCUT2D eigenvalue weighted by atomic mass is 79.9. The Morgan fingerprint density at radius 3 is 2.35 bits per heavy atom. The van der Waals surface area contributed by atoms with Crippen LogP contribution in [-0.4, -0.2) is 32.5 Å². The van der Waals surface area contributed by atoms with Crippen LogP contribution in [0.25, 0.3) is 0 Å². The van der Waals surface area contributed by atoms with Crippen molar-refractivity contribution in [1.29, 1.82) is 0 Å². The van der Waals surface area contributed by atoms with Crippen molar-refractivity contribution in [3.05, 3.63) is 82.3 Å². The van der Waals surface area contributed by atoms with Crippen molar-refractivity contribution < 1.29 is 27.9 Å². The van der Waals surface area contributed by atoms with E-state index in [-0.39, 0.29) is 21.7 Å². The molecule has 0 aliphatic carbocycles. The van der Waals surface area contributed by atoms with E-state index in [2.05, 4.69) is 26.0 Å². The van der Waals surface area contributed by atoms with Crippen molar-refractivity contribution in [3.8, 4) is 5.75 Å². The maximum atomic E-state index is 12.6. The minimum Gasteiger partial charge on any atom is -0.497 e. The Morgan fingerprint density at radius 2 is 1.71 bits per heavy atom. The van der Waals surface area contributed by atoms with Gasteiger partial charge in [0.2, 0.25) is 0 Å². The van der Waals surface area contributed by atoms with Gasteiger partial charge in [-0.25, -0.2) is 13.2 Å². The first-order valence-corrected chi connectivity index (χ1v) is 11.1. The number of ether oxygens (including phenoxy) is 1. The number of carboxylic acids is 1. The second kappa shape index (κ2) is 9.19. The molecule has 160 valence electrons. The third-order valence-electron chi connectivity index (χ3n) is 4.21. The van der Waals surface area contributed by atoms with Gasteiger partial charge in [0.25, 0.3) is 15.9 Å². The van der Waals surface area contributed by atoms with Crippen LogP contribution in [0.3, 0.4) is 0 Å². The Kier molecular flexibility index (Phi) is 6.62. The number of hydrogen-bond donors (Lipinski definition) is 3. The molecule has 3 N–H and O–H groups in total. The maximum Gasteiger partial charge on any atom is 0.337 e. The first kappa shape index (κ1) is 22.3. The van der Waals surface area contributed by atoms with E-state index in [1.165, 1.54) is 49.6 Å². The van der Waals surface area contributed by atoms with Gasteiger partial charge in [0.15, 0.2) is 0 Å². The van der Waals surface area contributed by atoms with Gasteiger partial charge in [-0.3, -0.25) is 9.52 Å². The second-order valence-corrected chi connectivity index (χ2v) is 8.91. The molecule has 0 aliphatic rings. The van der Waals surface area contributed by atoms with Crippen molar-refractivity contribution in [1.82, 2.24) is 0 Å². The third-order valence-corrected chi connectivity index (χ3v) is 6.10.